The van der Waals surface area contributed by atoms with Gasteiger partial charge >= 0.3 is 5.97 Å². The number of hydrogen-bond donors (Lipinski definition) is 2. The number of anilines is 1. The lowest BCUT2D eigenvalue weighted by Crippen LogP contribution is -2.13. The molecule has 6 heteroatoms. The molecule has 1 aromatic carbocycles. The first-order chi connectivity index (χ1) is 9.20. The third-order valence-electron chi connectivity index (χ3n) is 2.47. The lowest BCUT2D eigenvalue weighted by Gasteiger charge is -2.07. The summed E-state index contributed by atoms with van der Waals surface area (Å²) in [5.41, 5.74) is 1.50. The van der Waals surface area contributed by atoms with Crippen molar-refractivity contribution in [1.29, 1.82) is 0 Å². The molecule has 0 bridgehead atoms. The highest BCUT2D eigenvalue weighted by Crippen LogP contribution is 2.27. The molecule has 1 heterocycles. The number of rotatable bonds is 5. The Morgan fingerprint density at radius 1 is 1.26 bits per heavy atom. The van der Waals surface area contributed by atoms with Gasteiger partial charge in [0.1, 0.15) is 18.1 Å². The summed E-state index contributed by atoms with van der Waals surface area (Å²) in [7, 11) is 1.59. The molecular formula is C13H13N3O3. The van der Waals surface area contributed by atoms with E-state index in [4.69, 9.17) is 9.84 Å². The van der Waals surface area contributed by atoms with Gasteiger partial charge in [-0.3, -0.25) is 4.79 Å². The summed E-state index contributed by atoms with van der Waals surface area (Å²) in [6, 6.07) is 10.9. The minimum Gasteiger partial charge on any atom is -0.496 e. The monoisotopic (exact) mass is 259 g/mol. The zero-order valence-electron chi connectivity index (χ0n) is 10.3. The van der Waals surface area contributed by atoms with Crippen LogP contribution >= 0.6 is 0 Å². The van der Waals surface area contributed by atoms with Crippen LogP contribution in [0, 0.1) is 0 Å². The average molecular weight is 259 g/mol. The van der Waals surface area contributed by atoms with E-state index < -0.39 is 5.97 Å². The quantitative estimate of drug-likeness (QED) is 0.849. The van der Waals surface area contributed by atoms with E-state index in [0.717, 1.165) is 5.56 Å². The topological polar surface area (TPSA) is 84.3 Å². The SMILES string of the molecule is COc1ccccc1-c1ccc(NCC(=O)O)nn1. The number of carbonyl (C=O) groups is 1. The molecule has 0 aliphatic carbocycles. The molecule has 0 aliphatic rings. The van der Waals surface area contributed by atoms with Crippen molar-refractivity contribution in [3.8, 4) is 17.0 Å². The van der Waals surface area contributed by atoms with E-state index in [-0.39, 0.29) is 6.54 Å². The van der Waals surface area contributed by atoms with E-state index in [1.807, 2.05) is 24.3 Å². The number of para-hydroxylation sites is 1. The minimum atomic E-state index is -0.949. The van der Waals surface area contributed by atoms with Crippen molar-refractivity contribution < 1.29 is 14.6 Å². The van der Waals surface area contributed by atoms with Gasteiger partial charge in [-0.05, 0) is 24.3 Å². The predicted octanol–water partition coefficient (Wildman–Crippen LogP) is 1.65. The number of benzene rings is 1. The van der Waals surface area contributed by atoms with E-state index in [1.165, 1.54) is 0 Å². The molecule has 0 spiro atoms. The van der Waals surface area contributed by atoms with Gasteiger partial charge in [0.25, 0.3) is 0 Å². The maximum atomic E-state index is 10.4. The molecule has 0 aliphatic heterocycles. The van der Waals surface area contributed by atoms with Crippen molar-refractivity contribution in [3.05, 3.63) is 36.4 Å². The second-order valence-corrected chi connectivity index (χ2v) is 3.75. The molecule has 6 nitrogen and oxygen atoms in total. The third kappa shape index (κ3) is 3.19. The molecule has 0 unspecified atom stereocenters. The summed E-state index contributed by atoms with van der Waals surface area (Å²) in [4.78, 5) is 10.4. The highest BCUT2D eigenvalue weighted by molar-refractivity contribution is 5.72. The number of ether oxygens (including phenoxy) is 1. The number of nitrogens with one attached hydrogen (secondary N) is 1. The van der Waals surface area contributed by atoms with Gasteiger partial charge in [-0.2, -0.15) is 0 Å². The molecule has 0 fully saturated rings. The molecular weight excluding hydrogens is 246 g/mol. The zero-order chi connectivity index (χ0) is 13.7. The molecule has 0 radical (unpaired) electrons. The van der Waals surface area contributed by atoms with E-state index in [9.17, 15) is 4.79 Å². The van der Waals surface area contributed by atoms with Gasteiger partial charge in [-0.15, -0.1) is 10.2 Å². The standard InChI is InChI=1S/C13H13N3O3/c1-19-11-5-3-2-4-9(11)10-6-7-12(16-15-10)14-8-13(17)18/h2-7H,8H2,1H3,(H,14,16)(H,17,18). The molecule has 0 saturated heterocycles. The van der Waals surface area contributed by atoms with Crippen molar-refractivity contribution in [2.75, 3.05) is 19.0 Å². The first kappa shape index (κ1) is 12.8. The van der Waals surface area contributed by atoms with Crippen LogP contribution in [0.2, 0.25) is 0 Å². The van der Waals surface area contributed by atoms with E-state index >= 15 is 0 Å². The summed E-state index contributed by atoms with van der Waals surface area (Å²) in [6.45, 7) is -0.192. The molecule has 1 aromatic heterocycles. The maximum absolute atomic E-state index is 10.4. The van der Waals surface area contributed by atoms with Crippen LogP contribution in [-0.2, 0) is 4.79 Å². The number of aliphatic carboxylic acids is 1. The number of aromatic nitrogens is 2. The number of carboxylic acids is 1. The van der Waals surface area contributed by atoms with Crippen molar-refractivity contribution in [3.63, 3.8) is 0 Å². The van der Waals surface area contributed by atoms with Gasteiger partial charge in [0, 0.05) is 5.56 Å². The van der Waals surface area contributed by atoms with E-state index in [0.29, 0.717) is 17.3 Å². The Kier molecular flexibility index (Phi) is 3.92. The summed E-state index contributed by atoms with van der Waals surface area (Å²) < 4.78 is 5.25. The Morgan fingerprint density at radius 3 is 2.68 bits per heavy atom. The van der Waals surface area contributed by atoms with Crippen LogP contribution in [0.1, 0.15) is 0 Å². The third-order valence-corrected chi connectivity index (χ3v) is 2.47. The number of carboxylic acid groups (broad SMARTS) is 1. The fourth-order valence-corrected chi connectivity index (χ4v) is 1.59. The van der Waals surface area contributed by atoms with Gasteiger partial charge in [-0.1, -0.05) is 12.1 Å². The zero-order valence-corrected chi connectivity index (χ0v) is 10.3. The van der Waals surface area contributed by atoms with E-state index in [2.05, 4.69) is 15.5 Å². The number of hydrogen-bond acceptors (Lipinski definition) is 5. The Labute approximate surface area is 110 Å². The number of methoxy groups -OCH3 is 1. The fraction of sp³-hybridized carbons (Fsp3) is 0.154. The Hall–Kier alpha value is -2.63. The van der Waals surface area contributed by atoms with Crippen LogP contribution in [0.5, 0.6) is 5.75 Å². The molecule has 0 atom stereocenters. The van der Waals surface area contributed by atoms with Crippen LogP contribution in [0.3, 0.4) is 0 Å². The Bertz CT molecular complexity index is 570. The summed E-state index contributed by atoms with van der Waals surface area (Å²) in [6.07, 6.45) is 0. The largest absolute Gasteiger partial charge is 0.496 e. The highest BCUT2D eigenvalue weighted by atomic mass is 16.5. The summed E-state index contributed by atoms with van der Waals surface area (Å²) >= 11 is 0. The Morgan fingerprint density at radius 2 is 2.05 bits per heavy atom. The molecule has 19 heavy (non-hydrogen) atoms. The first-order valence-electron chi connectivity index (χ1n) is 5.63. The molecule has 2 N–H and O–H groups in total. The van der Waals surface area contributed by atoms with Gasteiger partial charge < -0.3 is 15.2 Å². The van der Waals surface area contributed by atoms with Gasteiger partial charge in [0.15, 0.2) is 0 Å². The summed E-state index contributed by atoms with van der Waals surface area (Å²) in [5.74, 6) is 0.180. The molecule has 0 amide bonds. The second-order valence-electron chi connectivity index (χ2n) is 3.75. The van der Waals surface area contributed by atoms with Crippen molar-refractivity contribution in [1.82, 2.24) is 10.2 Å². The van der Waals surface area contributed by atoms with Crippen molar-refractivity contribution in [2.24, 2.45) is 0 Å². The second kappa shape index (κ2) is 5.81. The van der Waals surface area contributed by atoms with Gasteiger partial charge in [-0.25, -0.2) is 0 Å². The number of nitrogens with zero attached hydrogens (tertiary/aromatic N) is 2. The lowest BCUT2D eigenvalue weighted by atomic mass is 10.1. The molecule has 0 saturated carbocycles. The van der Waals surface area contributed by atoms with Crippen LogP contribution in [0.4, 0.5) is 5.82 Å². The van der Waals surface area contributed by atoms with Crippen LogP contribution in [0.25, 0.3) is 11.3 Å². The van der Waals surface area contributed by atoms with Crippen LogP contribution in [-0.4, -0.2) is 34.9 Å². The van der Waals surface area contributed by atoms with Crippen LogP contribution in [0.15, 0.2) is 36.4 Å². The smallest absolute Gasteiger partial charge is 0.322 e. The maximum Gasteiger partial charge on any atom is 0.322 e. The minimum absolute atomic E-state index is 0.192. The highest BCUT2D eigenvalue weighted by Gasteiger charge is 2.07. The fourth-order valence-electron chi connectivity index (χ4n) is 1.59. The summed E-state index contributed by atoms with van der Waals surface area (Å²) in [5, 5.41) is 19.2. The Balaban J connectivity index is 2.20. The van der Waals surface area contributed by atoms with Gasteiger partial charge in [0.2, 0.25) is 0 Å². The lowest BCUT2D eigenvalue weighted by molar-refractivity contribution is -0.134. The van der Waals surface area contributed by atoms with Crippen LogP contribution < -0.4 is 10.1 Å². The predicted molar refractivity (Wildman–Crippen MR) is 70.1 cm³/mol. The van der Waals surface area contributed by atoms with E-state index in [1.54, 1.807) is 19.2 Å². The molecule has 2 aromatic rings. The van der Waals surface area contributed by atoms with Gasteiger partial charge in [0.05, 0.1) is 12.8 Å². The first-order valence-corrected chi connectivity index (χ1v) is 5.63. The van der Waals surface area contributed by atoms with Crippen molar-refractivity contribution in [2.45, 2.75) is 0 Å². The normalized spacial score (nSPS) is 9.95. The molecule has 98 valence electrons. The van der Waals surface area contributed by atoms with Crippen molar-refractivity contribution >= 4 is 11.8 Å². The molecule has 2 rings (SSSR count). The average Bonchev–Trinajstić information content (AvgIpc) is 2.45.